The molecule has 0 spiro atoms. The number of sulfonamides is 1. The number of rotatable bonds is 4. The van der Waals surface area contributed by atoms with Crippen molar-refractivity contribution < 1.29 is 8.42 Å². The second-order valence-corrected chi connectivity index (χ2v) is 4.37. The van der Waals surface area contributed by atoms with Crippen molar-refractivity contribution in [2.24, 2.45) is 0 Å². The maximum absolute atomic E-state index is 10.9. The summed E-state index contributed by atoms with van der Waals surface area (Å²) < 4.78 is 24.2. The summed E-state index contributed by atoms with van der Waals surface area (Å²) in [4.78, 5) is 0. The standard InChI is InChI=1S/C6H15NO2S/c1-4-6(3)7-10(8,9)5-2/h6-7H,4-5H2,1-3H3/t6-/m0/s1. The molecular weight excluding hydrogens is 150 g/mol. The van der Waals surface area contributed by atoms with Gasteiger partial charge in [-0.05, 0) is 20.3 Å². The molecule has 0 aliphatic rings. The Kier molecular flexibility index (Phi) is 3.89. The van der Waals surface area contributed by atoms with E-state index in [1.54, 1.807) is 6.92 Å². The Balaban J connectivity index is 3.90. The van der Waals surface area contributed by atoms with Gasteiger partial charge < -0.3 is 0 Å². The molecule has 0 saturated heterocycles. The predicted octanol–water partition coefficient (Wildman–Crippen LogP) is 0.724. The van der Waals surface area contributed by atoms with Crippen LogP contribution >= 0.6 is 0 Å². The first kappa shape index (κ1) is 9.91. The molecule has 0 saturated carbocycles. The van der Waals surface area contributed by atoms with Crippen molar-refractivity contribution in [2.45, 2.75) is 33.2 Å². The summed E-state index contributed by atoms with van der Waals surface area (Å²) >= 11 is 0. The van der Waals surface area contributed by atoms with Gasteiger partial charge in [-0.15, -0.1) is 0 Å². The molecule has 0 fully saturated rings. The van der Waals surface area contributed by atoms with E-state index in [1.807, 2.05) is 13.8 Å². The molecule has 0 aliphatic carbocycles. The second-order valence-electron chi connectivity index (χ2n) is 2.33. The Morgan fingerprint density at radius 2 is 1.90 bits per heavy atom. The molecule has 1 atom stereocenters. The highest BCUT2D eigenvalue weighted by molar-refractivity contribution is 7.89. The van der Waals surface area contributed by atoms with Gasteiger partial charge in [-0.25, -0.2) is 13.1 Å². The van der Waals surface area contributed by atoms with Gasteiger partial charge in [0.25, 0.3) is 0 Å². The van der Waals surface area contributed by atoms with E-state index in [2.05, 4.69) is 4.72 Å². The van der Waals surface area contributed by atoms with Crippen molar-refractivity contribution in [2.75, 3.05) is 5.75 Å². The van der Waals surface area contributed by atoms with Crippen molar-refractivity contribution in [3.05, 3.63) is 0 Å². The van der Waals surface area contributed by atoms with Crippen LogP contribution in [0.25, 0.3) is 0 Å². The van der Waals surface area contributed by atoms with E-state index in [4.69, 9.17) is 0 Å². The van der Waals surface area contributed by atoms with Crippen LogP contribution in [0.1, 0.15) is 27.2 Å². The Morgan fingerprint density at radius 3 is 2.20 bits per heavy atom. The fourth-order valence-corrected chi connectivity index (χ4v) is 1.42. The molecule has 0 aromatic carbocycles. The van der Waals surface area contributed by atoms with Gasteiger partial charge in [0.2, 0.25) is 10.0 Å². The van der Waals surface area contributed by atoms with Gasteiger partial charge in [0, 0.05) is 6.04 Å². The van der Waals surface area contributed by atoms with E-state index in [-0.39, 0.29) is 11.8 Å². The molecule has 0 amide bonds. The fraction of sp³-hybridized carbons (Fsp3) is 1.00. The van der Waals surface area contributed by atoms with Crippen LogP contribution in [0, 0.1) is 0 Å². The Bertz CT molecular complexity index is 174. The molecular formula is C6H15NO2S. The highest BCUT2D eigenvalue weighted by Crippen LogP contribution is 1.92. The van der Waals surface area contributed by atoms with E-state index in [1.165, 1.54) is 0 Å². The highest BCUT2D eigenvalue weighted by Gasteiger charge is 2.08. The lowest BCUT2D eigenvalue weighted by molar-refractivity contribution is 0.557. The quantitative estimate of drug-likeness (QED) is 0.667. The fourth-order valence-electron chi connectivity index (χ4n) is 0.473. The molecule has 0 aromatic rings. The zero-order valence-corrected chi connectivity index (χ0v) is 7.53. The van der Waals surface area contributed by atoms with Gasteiger partial charge in [-0.1, -0.05) is 6.92 Å². The first-order valence-corrected chi connectivity index (χ1v) is 5.17. The molecule has 3 nitrogen and oxygen atoms in total. The van der Waals surface area contributed by atoms with Crippen molar-refractivity contribution >= 4 is 10.0 Å². The lowest BCUT2D eigenvalue weighted by Crippen LogP contribution is -2.33. The van der Waals surface area contributed by atoms with Crippen LogP contribution in [0.2, 0.25) is 0 Å². The van der Waals surface area contributed by atoms with Crippen LogP contribution in [0.15, 0.2) is 0 Å². The molecule has 10 heavy (non-hydrogen) atoms. The van der Waals surface area contributed by atoms with Gasteiger partial charge in [-0.3, -0.25) is 0 Å². The summed E-state index contributed by atoms with van der Waals surface area (Å²) in [5, 5.41) is 0. The van der Waals surface area contributed by atoms with E-state index >= 15 is 0 Å². The van der Waals surface area contributed by atoms with Gasteiger partial charge in [0.15, 0.2) is 0 Å². The van der Waals surface area contributed by atoms with Crippen molar-refractivity contribution in [3.8, 4) is 0 Å². The molecule has 62 valence electrons. The van der Waals surface area contributed by atoms with Gasteiger partial charge in [0.05, 0.1) is 5.75 Å². The number of hydrogen-bond acceptors (Lipinski definition) is 2. The average Bonchev–Trinajstić information content (AvgIpc) is 1.87. The summed E-state index contributed by atoms with van der Waals surface area (Å²) in [7, 11) is -2.98. The maximum atomic E-state index is 10.9. The Hall–Kier alpha value is -0.0900. The first-order valence-electron chi connectivity index (χ1n) is 3.51. The number of nitrogens with one attached hydrogen (secondary N) is 1. The third-order valence-electron chi connectivity index (χ3n) is 1.37. The number of hydrogen-bond donors (Lipinski definition) is 1. The van der Waals surface area contributed by atoms with Crippen molar-refractivity contribution in [1.82, 2.24) is 4.72 Å². The minimum absolute atomic E-state index is 0.0601. The molecule has 1 N–H and O–H groups in total. The van der Waals surface area contributed by atoms with E-state index < -0.39 is 10.0 Å². The van der Waals surface area contributed by atoms with Crippen LogP contribution in [0.4, 0.5) is 0 Å². The van der Waals surface area contributed by atoms with E-state index in [0.717, 1.165) is 6.42 Å². The Morgan fingerprint density at radius 1 is 1.40 bits per heavy atom. The molecule has 0 heterocycles. The normalized spacial score (nSPS) is 15.1. The molecule has 0 unspecified atom stereocenters. The molecule has 0 radical (unpaired) electrons. The van der Waals surface area contributed by atoms with Crippen LogP contribution in [-0.2, 0) is 10.0 Å². The smallest absolute Gasteiger partial charge is 0.211 e. The third kappa shape index (κ3) is 3.85. The zero-order chi connectivity index (χ0) is 8.20. The van der Waals surface area contributed by atoms with Crippen LogP contribution in [0.5, 0.6) is 0 Å². The highest BCUT2D eigenvalue weighted by atomic mass is 32.2. The van der Waals surface area contributed by atoms with E-state index in [9.17, 15) is 8.42 Å². The predicted molar refractivity (Wildman–Crippen MR) is 42.3 cm³/mol. The Labute approximate surface area is 62.9 Å². The molecule has 0 rings (SSSR count). The van der Waals surface area contributed by atoms with Crippen LogP contribution < -0.4 is 4.72 Å². The molecule has 0 bridgehead atoms. The van der Waals surface area contributed by atoms with E-state index in [0.29, 0.717) is 0 Å². The summed E-state index contributed by atoms with van der Waals surface area (Å²) in [5.41, 5.74) is 0. The zero-order valence-electron chi connectivity index (χ0n) is 6.72. The summed E-state index contributed by atoms with van der Waals surface area (Å²) in [6.45, 7) is 5.43. The largest absolute Gasteiger partial charge is 0.212 e. The van der Waals surface area contributed by atoms with Gasteiger partial charge in [0.1, 0.15) is 0 Å². The molecule has 4 heteroatoms. The van der Waals surface area contributed by atoms with Gasteiger partial charge >= 0.3 is 0 Å². The minimum atomic E-state index is -2.98. The SMILES string of the molecule is CC[C@H](C)NS(=O)(=O)CC. The van der Waals surface area contributed by atoms with Crippen LogP contribution in [-0.4, -0.2) is 20.2 Å². The summed E-state index contributed by atoms with van der Waals surface area (Å²) in [6, 6.07) is 0.0601. The average molecular weight is 165 g/mol. The monoisotopic (exact) mass is 165 g/mol. The van der Waals surface area contributed by atoms with Gasteiger partial charge in [-0.2, -0.15) is 0 Å². The third-order valence-corrected chi connectivity index (χ3v) is 2.89. The topological polar surface area (TPSA) is 46.2 Å². The van der Waals surface area contributed by atoms with Crippen molar-refractivity contribution in [3.63, 3.8) is 0 Å². The maximum Gasteiger partial charge on any atom is 0.211 e. The second kappa shape index (κ2) is 3.93. The first-order chi connectivity index (χ1) is 4.52. The van der Waals surface area contributed by atoms with Crippen LogP contribution in [0.3, 0.4) is 0 Å². The lowest BCUT2D eigenvalue weighted by atomic mass is 10.3. The summed E-state index contributed by atoms with van der Waals surface area (Å²) in [5.74, 6) is 0.164. The summed E-state index contributed by atoms with van der Waals surface area (Å²) in [6.07, 6.45) is 0.833. The minimum Gasteiger partial charge on any atom is -0.212 e. The molecule has 0 aliphatic heterocycles. The lowest BCUT2D eigenvalue weighted by Gasteiger charge is -2.09. The molecule has 0 aromatic heterocycles. The van der Waals surface area contributed by atoms with Crippen molar-refractivity contribution in [1.29, 1.82) is 0 Å².